The number of benzene rings is 1. The maximum absolute atomic E-state index is 11.9. The average molecular weight is 372 g/mol. The zero-order valence-corrected chi connectivity index (χ0v) is 17.2. The Bertz CT molecular complexity index is 432. The average Bonchev–Trinajstić information content (AvgIpc) is 2.52. The summed E-state index contributed by atoms with van der Waals surface area (Å²) in [6, 6.07) is 9.60. The van der Waals surface area contributed by atoms with Gasteiger partial charge in [-0.2, -0.15) is 0 Å². The largest absolute Gasteiger partial charge is 2.00 e. The molecule has 0 heterocycles. The van der Waals surface area contributed by atoms with E-state index in [1.165, 1.54) is 32.8 Å². The van der Waals surface area contributed by atoms with Crippen LogP contribution in [0.1, 0.15) is 51.0 Å². The van der Waals surface area contributed by atoms with Gasteiger partial charge in [-0.1, -0.05) is 69.4 Å². The van der Waals surface area contributed by atoms with E-state index in [1.807, 2.05) is 30.3 Å². The van der Waals surface area contributed by atoms with Crippen molar-refractivity contribution in [2.24, 2.45) is 0 Å². The number of methoxy groups -OCH3 is 1. The molecule has 0 saturated heterocycles. The van der Waals surface area contributed by atoms with Gasteiger partial charge in [0.2, 0.25) is 5.76 Å². The van der Waals surface area contributed by atoms with Crippen LogP contribution in [0.3, 0.4) is 0 Å². The normalized spacial score (nSPS) is 10.3. The number of hydrogen-bond acceptors (Lipinski definition) is 3. The van der Waals surface area contributed by atoms with Gasteiger partial charge in [-0.3, -0.25) is 0 Å². The van der Waals surface area contributed by atoms with Crippen LogP contribution in [0.4, 0.5) is 0 Å². The molecule has 0 saturated carbocycles. The molecule has 23 heavy (non-hydrogen) atoms. The van der Waals surface area contributed by atoms with Crippen LogP contribution in [-0.4, -0.2) is 19.7 Å². The van der Waals surface area contributed by atoms with Crippen molar-refractivity contribution in [3.05, 3.63) is 41.7 Å². The molecule has 5 heteroatoms. The summed E-state index contributed by atoms with van der Waals surface area (Å²) in [6.45, 7) is 2.66. The van der Waals surface area contributed by atoms with Gasteiger partial charge in [-0.05, 0) is 18.1 Å². The van der Waals surface area contributed by atoms with Crippen LogP contribution in [0.2, 0.25) is 0 Å². The van der Waals surface area contributed by atoms with Gasteiger partial charge in [0.1, 0.15) is 0 Å². The molecule has 0 unspecified atom stereocenters. The molecule has 1 rings (SSSR count). The van der Waals surface area contributed by atoms with E-state index >= 15 is 0 Å². The monoisotopic (exact) mass is 370 g/mol. The van der Waals surface area contributed by atoms with Crippen molar-refractivity contribution in [2.75, 3.05) is 13.7 Å². The van der Waals surface area contributed by atoms with Crippen LogP contribution in [0.25, 0.3) is 6.08 Å². The number of esters is 1. The standard InChI is InChI=1S/C18H26O3.O.Zn/c1-3-4-5-6-7-11-14-21-18(19)17(20-2)15-16-12-9-8-10-13-16;;/h8-10,12-13,15H,3-7,11,14H2,1-2H3;;/q;-2;+2. The summed E-state index contributed by atoms with van der Waals surface area (Å²) in [6.07, 6.45) is 8.73. The van der Waals surface area contributed by atoms with Crippen molar-refractivity contribution in [2.45, 2.75) is 45.4 Å². The Kier molecular flexibility index (Phi) is 16.4. The first-order valence-electron chi connectivity index (χ1n) is 7.75. The molecule has 0 aromatic heterocycles. The molecule has 4 nitrogen and oxygen atoms in total. The predicted octanol–water partition coefficient (Wildman–Crippen LogP) is 4.46. The van der Waals surface area contributed by atoms with E-state index in [4.69, 9.17) is 9.47 Å². The van der Waals surface area contributed by atoms with Gasteiger partial charge in [0.15, 0.2) is 0 Å². The molecule has 0 spiro atoms. The summed E-state index contributed by atoms with van der Waals surface area (Å²) in [5.41, 5.74) is 0.922. The number of unbranched alkanes of at least 4 members (excludes halogenated alkanes) is 5. The molecular formula is C18H26O4Zn. The SMILES string of the molecule is CCCCCCCCOC(=O)C(=Cc1ccccc1)OC.[O-2].[Zn+2]. The van der Waals surface area contributed by atoms with Crippen LogP contribution < -0.4 is 0 Å². The Morgan fingerprint density at radius 3 is 2.26 bits per heavy atom. The fraction of sp³-hybridized carbons (Fsp3) is 0.500. The summed E-state index contributed by atoms with van der Waals surface area (Å²) in [4.78, 5) is 11.9. The summed E-state index contributed by atoms with van der Waals surface area (Å²) in [5.74, 6) is -0.151. The third-order valence-corrected chi connectivity index (χ3v) is 3.25. The second-order valence-electron chi connectivity index (χ2n) is 5.03. The van der Waals surface area contributed by atoms with Crippen LogP contribution in [-0.2, 0) is 39.2 Å². The van der Waals surface area contributed by atoms with Crippen molar-refractivity contribution in [3.8, 4) is 0 Å². The molecule has 0 amide bonds. The van der Waals surface area contributed by atoms with Crippen LogP contribution in [0.15, 0.2) is 36.1 Å². The van der Waals surface area contributed by atoms with Crippen molar-refractivity contribution >= 4 is 12.0 Å². The van der Waals surface area contributed by atoms with E-state index in [0.29, 0.717) is 6.61 Å². The molecule has 0 aliphatic heterocycles. The zero-order chi connectivity index (χ0) is 15.3. The summed E-state index contributed by atoms with van der Waals surface area (Å²) < 4.78 is 10.4. The first kappa shape index (κ1) is 24.1. The van der Waals surface area contributed by atoms with Crippen LogP contribution in [0, 0.1) is 0 Å². The number of rotatable bonds is 10. The van der Waals surface area contributed by atoms with Gasteiger partial charge in [0, 0.05) is 0 Å². The minimum Gasteiger partial charge on any atom is -2.00 e. The van der Waals surface area contributed by atoms with E-state index in [0.717, 1.165) is 18.4 Å². The van der Waals surface area contributed by atoms with Crippen molar-refractivity contribution in [3.63, 3.8) is 0 Å². The van der Waals surface area contributed by atoms with Gasteiger partial charge < -0.3 is 14.9 Å². The van der Waals surface area contributed by atoms with Gasteiger partial charge in [-0.15, -0.1) is 0 Å². The zero-order valence-electron chi connectivity index (χ0n) is 14.3. The molecular weight excluding hydrogens is 346 g/mol. The summed E-state index contributed by atoms with van der Waals surface area (Å²) in [7, 11) is 1.49. The molecule has 0 aliphatic rings. The number of carbonyl (C=O) groups is 1. The second-order valence-corrected chi connectivity index (χ2v) is 5.03. The smallest absolute Gasteiger partial charge is 2.00 e. The minimum absolute atomic E-state index is 0. The molecule has 0 radical (unpaired) electrons. The van der Waals surface area contributed by atoms with E-state index in [1.54, 1.807) is 6.08 Å². The van der Waals surface area contributed by atoms with Crippen molar-refractivity contribution in [1.29, 1.82) is 0 Å². The molecule has 1 aromatic rings. The second kappa shape index (κ2) is 15.7. The molecule has 0 fully saturated rings. The minimum atomic E-state index is -0.394. The van der Waals surface area contributed by atoms with E-state index in [9.17, 15) is 4.79 Å². The molecule has 124 valence electrons. The van der Waals surface area contributed by atoms with Crippen molar-refractivity contribution in [1.82, 2.24) is 0 Å². The maximum atomic E-state index is 11.9. The Labute approximate surface area is 152 Å². The predicted molar refractivity (Wildman–Crippen MR) is 86.4 cm³/mol. The van der Waals surface area contributed by atoms with E-state index in [-0.39, 0.29) is 30.7 Å². The maximum Gasteiger partial charge on any atom is 2.00 e. The van der Waals surface area contributed by atoms with Gasteiger partial charge >= 0.3 is 25.4 Å². The number of ether oxygens (including phenoxy) is 2. The van der Waals surface area contributed by atoms with E-state index in [2.05, 4.69) is 6.92 Å². The first-order chi connectivity index (χ1) is 10.3. The molecule has 0 N–H and O–H groups in total. The van der Waals surface area contributed by atoms with Gasteiger partial charge in [0.25, 0.3) is 0 Å². The van der Waals surface area contributed by atoms with E-state index < -0.39 is 5.97 Å². The number of hydrogen-bond donors (Lipinski definition) is 0. The fourth-order valence-electron chi connectivity index (χ4n) is 2.02. The molecule has 0 bridgehead atoms. The third-order valence-electron chi connectivity index (χ3n) is 3.25. The Morgan fingerprint density at radius 1 is 1.04 bits per heavy atom. The summed E-state index contributed by atoms with van der Waals surface area (Å²) >= 11 is 0. The fourth-order valence-corrected chi connectivity index (χ4v) is 2.02. The van der Waals surface area contributed by atoms with Crippen molar-refractivity contribution < 1.29 is 39.2 Å². The summed E-state index contributed by atoms with van der Waals surface area (Å²) in [5, 5.41) is 0. The Hall–Kier alpha value is -1.19. The van der Waals surface area contributed by atoms with Gasteiger partial charge in [-0.25, -0.2) is 4.79 Å². The quantitative estimate of drug-likeness (QED) is 0.200. The molecule has 0 aliphatic carbocycles. The molecule has 0 atom stereocenters. The number of carbonyl (C=O) groups excluding carboxylic acids is 1. The van der Waals surface area contributed by atoms with Crippen LogP contribution in [0.5, 0.6) is 0 Å². The molecule has 1 aromatic carbocycles. The Morgan fingerprint density at radius 2 is 1.65 bits per heavy atom. The third kappa shape index (κ3) is 11.1. The van der Waals surface area contributed by atoms with Gasteiger partial charge in [0.05, 0.1) is 13.7 Å². The first-order valence-corrected chi connectivity index (χ1v) is 7.75. The Balaban J connectivity index is 0. The van der Waals surface area contributed by atoms with Crippen LogP contribution >= 0.6 is 0 Å². The topological polar surface area (TPSA) is 64.0 Å².